The van der Waals surface area contributed by atoms with Gasteiger partial charge in [0.2, 0.25) is 0 Å². The highest BCUT2D eigenvalue weighted by Crippen LogP contribution is 2.33. The van der Waals surface area contributed by atoms with Gasteiger partial charge < -0.3 is 5.32 Å². The molecule has 2 nitrogen and oxygen atoms in total. The molecule has 0 unspecified atom stereocenters. The molecule has 20 heavy (non-hydrogen) atoms. The van der Waals surface area contributed by atoms with Gasteiger partial charge in [0.1, 0.15) is 0 Å². The fraction of sp³-hybridized carbons (Fsp3) is 0.118. The van der Waals surface area contributed by atoms with E-state index in [1.165, 1.54) is 11.1 Å². The van der Waals surface area contributed by atoms with Gasteiger partial charge in [-0.05, 0) is 29.5 Å². The Morgan fingerprint density at radius 3 is 2.70 bits per heavy atom. The quantitative estimate of drug-likeness (QED) is 0.853. The van der Waals surface area contributed by atoms with Crippen molar-refractivity contribution < 1.29 is 4.79 Å². The van der Waals surface area contributed by atoms with Gasteiger partial charge in [-0.25, -0.2) is 0 Å². The number of para-hydroxylation sites is 1. The molecule has 3 rings (SSSR count). The standard InChI is InChI=1S/C17H15NOS/c1-12-6-2-3-7-13(12)10-20-11-15-14-8-4-5-9-16(14)18-17(15)19/h2-9,11H,10H2,1H3,(H,18,19). The Morgan fingerprint density at radius 2 is 1.85 bits per heavy atom. The van der Waals surface area contributed by atoms with Crippen molar-refractivity contribution >= 4 is 28.9 Å². The minimum atomic E-state index is -0.0107. The largest absolute Gasteiger partial charge is 0.321 e. The molecular weight excluding hydrogens is 266 g/mol. The maximum Gasteiger partial charge on any atom is 0.256 e. The minimum absolute atomic E-state index is 0.0107. The van der Waals surface area contributed by atoms with Crippen molar-refractivity contribution in [2.45, 2.75) is 12.7 Å². The van der Waals surface area contributed by atoms with Gasteiger partial charge >= 0.3 is 0 Å². The third kappa shape index (κ3) is 2.49. The van der Waals surface area contributed by atoms with Crippen molar-refractivity contribution in [3.05, 3.63) is 70.6 Å². The highest BCUT2D eigenvalue weighted by atomic mass is 32.2. The van der Waals surface area contributed by atoms with E-state index >= 15 is 0 Å². The second-order valence-corrected chi connectivity index (χ2v) is 5.63. The van der Waals surface area contributed by atoms with E-state index in [1.807, 2.05) is 41.8 Å². The predicted octanol–water partition coefficient (Wildman–Crippen LogP) is 4.22. The lowest BCUT2D eigenvalue weighted by Crippen LogP contribution is -2.03. The summed E-state index contributed by atoms with van der Waals surface area (Å²) in [4.78, 5) is 11.9. The van der Waals surface area contributed by atoms with Gasteiger partial charge in [-0.1, -0.05) is 42.5 Å². The van der Waals surface area contributed by atoms with Crippen LogP contribution in [0.3, 0.4) is 0 Å². The topological polar surface area (TPSA) is 29.1 Å². The molecule has 0 atom stereocenters. The van der Waals surface area contributed by atoms with E-state index in [2.05, 4.69) is 24.4 Å². The molecule has 2 aromatic carbocycles. The van der Waals surface area contributed by atoms with Crippen LogP contribution in [0.2, 0.25) is 0 Å². The van der Waals surface area contributed by atoms with Crippen molar-refractivity contribution in [3.63, 3.8) is 0 Å². The van der Waals surface area contributed by atoms with Crippen molar-refractivity contribution in [2.24, 2.45) is 0 Å². The number of thioether (sulfide) groups is 1. The fourth-order valence-corrected chi connectivity index (χ4v) is 3.23. The number of fused-ring (bicyclic) bond motifs is 1. The molecule has 3 heteroatoms. The van der Waals surface area contributed by atoms with E-state index in [0.29, 0.717) is 0 Å². The van der Waals surface area contributed by atoms with Gasteiger partial charge in [-0.3, -0.25) is 4.79 Å². The molecule has 1 amide bonds. The Morgan fingerprint density at radius 1 is 1.10 bits per heavy atom. The Kier molecular flexibility index (Phi) is 3.61. The van der Waals surface area contributed by atoms with Gasteiger partial charge in [0, 0.05) is 17.0 Å². The van der Waals surface area contributed by atoms with Crippen LogP contribution >= 0.6 is 11.8 Å². The Hall–Kier alpha value is -2.00. The number of anilines is 1. The maximum atomic E-state index is 11.9. The second kappa shape index (κ2) is 5.55. The van der Waals surface area contributed by atoms with Crippen LogP contribution in [0.5, 0.6) is 0 Å². The average Bonchev–Trinajstić information content (AvgIpc) is 2.77. The van der Waals surface area contributed by atoms with Crippen LogP contribution in [-0.2, 0) is 10.5 Å². The van der Waals surface area contributed by atoms with Crippen LogP contribution < -0.4 is 5.32 Å². The Balaban J connectivity index is 1.77. The predicted molar refractivity (Wildman–Crippen MR) is 85.5 cm³/mol. The summed E-state index contributed by atoms with van der Waals surface area (Å²) >= 11 is 1.66. The van der Waals surface area contributed by atoms with Crippen LogP contribution in [0.1, 0.15) is 16.7 Å². The first-order valence-corrected chi connectivity index (χ1v) is 7.57. The minimum Gasteiger partial charge on any atom is -0.321 e. The average molecular weight is 281 g/mol. The Labute approximate surface area is 122 Å². The first kappa shape index (κ1) is 13.0. The lowest BCUT2D eigenvalue weighted by atomic mass is 10.1. The number of amides is 1. The number of hydrogen-bond donors (Lipinski definition) is 1. The number of nitrogens with one attached hydrogen (secondary N) is 1. The van der Waals surface area contributed by atoms with Crippen LogP contribution in [0, 0.1) is 6.92 Å². The van der Waals surface area contributed by atoms with Crippen molar-refractivity contribution in [2.75, 3.05) is 5.32 Å². The molecule has 0 saturated carbocycles. The van der Waals surface area contributed by atoms with Gasteiger partial charge in [0.25, 0.3) is 5.91 Å². The highest BCUT2D eigenvalue weighted by Gasteiger charge is 2.22. The number of carbonyl (C=O) groups excluding carboxylic acids is 1. The molecule has 0 saturated heterocycles. The smallest absolute Gasteiger partial charge is 0.256 e. The summed E-state index contributed by atoms with van der Waals surface area (Å²) in [5.74, 6) is 0.870. The maximum absolute atomic E-state index is 11.9. The normalized spacial score (nSPS) is 15.2. The van der Waals surface area contributed by atoms with E-state index in [4.69, 9.17) is 0 Å². The zero-order chi connectivity index (χ0) is 13.9. The van der Waals surface area contributed by atoms with Gasteiger partial charge in [0.15, 0.2) is 0 Å². The number of hydrogen-bond acceptors (Lipinski definition) is 2. The van der Waals surface area contributed by atoms with Gasteiger partial charge in [0.05, 0.1) is 5.57 Å². The summed E-state index contributed by atoms with van der Waals surface area (Å²) < 4.78 is 0. The number of aryl methyl sites for hydroxylation is 1. The highest BCUT2D eigenvalue weighted by molar-refractivity contribution is 8.01. The van der Waals surface area contributed by atoms with Crippen molar-refractivity contribution in [1.82, 2.24) is 0 Å². The lowest BCUT2D eigenvalue weighted by molar-refractivity contribution is -0.110. The second-order valence-electron chi connectivity index (χ2n) is 4.77. The summed E-state index contributed by atoms with van der Waals surface area (Å²) in [5, 5.41) is 4.85. The van der Waals surface area contributed by atoms with E-state index in [9.17, 15) is 4.79 Å². The molecule has 1 aliphatic heterocycles. The van der Waals surface area contributed by atoms with E-state index in [1.54, 1.807) is 11.8 Å². The molecule has 1 heterocycles. The molecule has 0 aliphatic carbocycles. The molecule has 0 spiro atoms. The van der Waals surface area contributed by atoms with Crippen LogP contribution in [-0.4, -0.2) is 5.91 Å². The first-order chi connectivity index (χ1) is 9.75. The van der Waals surface area contributed by atoms with Crippen LogP contribution in [0.15, 0.2) is 53.9 Å². The van der Waals surface area contributed by atoms with Crippen LogP contribution in [0.4, 0.5) is 5.69 Å². The lowest BCUT2D eigenvalue weighted by Gasteiger charge is -2.03. The SMILES string of the molecule is Cc1ccccc1CSC=C1C(=O)Nc2ccccc21. The molecule has 0 aromatic heterocycles. The van der Waals surface area contributed by atoms with E-state index in [-0.39, 0.29) is 5.91 Å². The van der Waals surface area contributed by atoms with E-state index < -0.39 is 0 Å². The Bertz CT molecular complexity index is 691. The molecule has 1 aliphatic rings. The van der Waals surface area contributed by atoms with Crippen LogP contribution in [0.25, 0.3) is 5.57 Å². The third-order valence-electron chi connectivity index (χ3n) is 3.41. The summed E-state index contributed by atoms with van der Waals surface area (Å²) in [6.07, 6.45) is 0. The van der Waals surface area contributed by atoms with Gasteiger partial charge in [-0.2, -0.15) is 0 Å². The fourth-order valence-electron chi connectivity index (χ4n) is 2.24. The number of rotatable bonds is 3. The third-order valence-corrected chi connectivity index (χ3v) is 4.29. The first-order valence-electron chi connectivity index (χ1n) is 6.53. The molecule has 0 radical (unpaired) electrons. The van der Waals surface area contributed by atoms with Crippen molar-refractivity contribution in [3.8, 4) is 0 Å². The number of carbonyl (C=O) groups is 1. The summed E-state index contributed by atoms with van der Waals surface area (Å²) in [5.41, 5.74) is 5.25. The monoisotopic (exact) mass is 281 g/mol. The molecule has 100 valence electrons. The zero-order valence-electron chi connectivity index (χ0n) is 11.2. The summed E-state index contributed by atoms with van der Waals surface area (Å²) in [6, 6.07) is 16.1. The molecule has 2 aromatic rings. The molecule has 0 fully saturated rings. The summed E-state index contributed by atoms with van der Waals surface area (Å²) in [7, 11) is 0. The summed E-state index contributed by atoms with van der Waals surface area (Å²) in [6.45, 7) is 2.11. The van der Waals surface area contributed by atoms with Crippen molar-refractivity contribution in [1.29, 1.82) is 0 Å². The zero-order valence-corrected chi connectivity index (χ0v) is 12.0. The molecular formula is C17H15NOS. The molecule has 1 N–H and O–H groups in total. The number of benzene rings is 2. The van der Waals surface area contributed by atoms with E-state index in [0.717, 1.165) is 22.6 Å². The molecule has 0 bridgehead atoms. The van der Waals surface area contributed by atoms with Gasteiger partial charge in [-0.15, -0.1) is 11.8 Å².